The number of H-pyrrole nitrogens is 1. The van der Waals surface area contributed by atoms with Gasteiger partial charge >= 0.3 is 5.69 Å². The summed E-state index contributed by atoms with van der Waals surface area (Å²) in [6, 6.07) is 16.8. The lowest BCUT2D eigenvalue weighted by Crippen LogP contribution is -2.42. The second kappa shape index (κ2) is 11.0. The standard InChI is InChI=1S/C26H28N4O6/c1-3-12-30-23(27)22(24(31)28-26(30)33)29(13-14-34-2)25(32)21-11-10-20(36-21)16-35-19-9-8-17-6-4-5-7-18(17)15-19/h4-11,15H,3,12-14,16,27H2,1-2H3,(H,28,31,33). The number of nitrogens with zero attached hydrogens (tertiary/aromatic N) is 2. The molecule has 0 aliphatic heterocycles. The Labute approximate surface area is 206 Å². The molecule has 188 valence electrons. The number of anilines is 2. The molecular formula is C26H28N4O6. The highest BCUT2D eigenvalue weighted by Crippen LogP contribution is 2.23. The van der Waals surface area contributed by atoms with Crippen LogP contribution in [-0.2, 0) is 17.9 Å². The Kier molecular flexibility index (Phi) is 7.55. The summed E-state index contributed by atoms with van der Waals surface area (Å²) in [5, 5.41) is 2.15. The lowest BCUT2D eigenvalue weighted by molar-refractivity contribution is 0.0945. The molecule has 0 fully saturated rings. The molecule has 0 spiro atoms. The molecule has 10 heteroatoms. The summed E-state index contributed by atoms with van der Waals surface area (Å²) < 4.78 is 17.9. The number of carbonyl (C=O) groups is 1. The number of amides is 1. The maximum absolute atomic E-state index is 13.4. The summed E-state index contributed by atoms with van der Waals surface area (Å²) >= 11 is 0. The van der Waals surface area contributed by atoms with E-state index in [0.29, 0.717) is 17.9 Å². The zero-order valence-corrected chi connectivity index (χ0v) is 20.2. The highest BCUT2D eigenvalue weighted by atomic mass is 16.5. The Bertz CT molecular complexity index is 1490. The molecule has 2 heterocycles. The first kappa shape index (κ1) is 24.8. The van der Waals surface area contributed by atoms with Gasteiger partial charge in [0, 0.05) is 13.7 Å². The van der Waals surface area contributed by atoms with Crippen molar-refractivity contribution in [1.29, 1.82) is 0 Å². The first-order chi connectivity index (χ1) is 17.4. The van der Waals surface area contributed by atoms with Gasteiger partial charge in [-0.1, -0.05) is 37.3 Å². The number of carbonyl (C=O) groups excluding carboxylic acids is 1. The van der Waals surface area contributed by atoms with E-state index in [9.17, 15) is 14.4 Å². The maximum Gasteiger partial charge on any atom is 0.330 e. The van der Waals surface area contributed by atoms with Crippen LogP contribution in [0.15, 0.2) is 68.6 Å². The number of rotatable bonds is 10. The molecule has 0 saturated heterocycles. The number of hydrogen-bond acceptors (Lipinski definition) is 7. The average molecular weight is 493 g/mol. The molecular weight excluding hydrogens is 464 g/mol. The first-order valence-electron chi connectivity index (χ1n) is 11.6. The van der Waals surface area contributed by atoms with E-state index in [2.05, 4.69) is 4.98 Å². The van der Waals surface area contributed by atoms with Crippen LogP contribution >= 0.6 is 0 Å². The highest BCUT2D eigenvalue weighted by molar-refractivity contribution is 6.05. The number of nitrogens with one attached hydrogen (secondary N) is 1. The number of hydrogen-bond donors (Lipinski definition) is 2. The fourth-order valence-electron chi connectivity index (χ4n) is 3.90. The average Bonchev–Trinajstić information content (AvgIpc) is 3.36. The highest BCUT2D eigenvalue weighted by Gasteiger charge is 2.27. The lowest BCUT2D eigenvalue weighted by atomic mass is 10.1. The van der Waals surface area contributed by atoms with Crippen LogP contribution < -0.4 is 26.6 Å². The van der Waals surface area contributed by atoms with Gasteiger partial charge in [0.1, 0.15) is 23.9 Å². The van der Waals surface area contributed by atoms with Crippen molar-refractivity contribution in [3.8, 4) is 5.75 Å². The lowest BCUT2D eigenvalue weighted by Gasteiger charge is -2.23. The summed E-state index contributed by atoms with van der Waals surface area (Å²) in [5.41, 5.74) is 4.65. The number of nitrogens with two attached hydrogens (primary N) is 1. The van der Waals surface area contributed by atoms with Gasteiger partial charge in [-0.3, -0.25) is 24.0 Å². The summed E-state index contributed by atoms with van der Waals surface area (Å²) in [6.07, 6.45) is 0.611. The Balaban J connectivity index is 1.57. The Hall–Kier alpha value is -4.31. The summed E-state index contributed by atoms with van der Waals surface area (Å²) in [5.74, 6) is 0.396. The Morgan fingerprint density at radius 2 is 1.89 bits per heavy atom. The number of aromatic nitrogens is 2. The molecule has 0 atom stereocenters. The van der Waals surface area contributed by atoms with Gasteiger partial charge in [0.2, 0.25) is 0 Å². The van der Waals surface area contributed by atoms with E-state index in [4.69, 9.17) is 19.6 Å². The van der Waals surface area contributed by atoms with Crippen molar-refractivity contribution < 1.29 is 18.7 Å². The summed E-state index contributed by atoms with van der Waals surface area (Å²) in [6.45, 7) is 2.42. The SMILES string of the molecule is CCCn1c(N)c(N(CCOC)C(=O)c2ccc(COc3ccc4ccccc4c3)o2)c(=O)[nH]c1=O. The van der Waals surface area contributed by atoms with Gasteiger partial charge in [0.05, 0.1) is 13.2 Å². The molecule has 10 nitrogen and oxygen atoms in total. The van der Waals surface area contributed by atoms with Gasteiger partial charge in [0.15, 0.2) is 11.4 Å². The number of benzene rings is 2. The van der Waals surface area contributed by atoms with E-state index >= 15 is 0 Å². The number of ether oxygens (including phenoxy) is 2. The minimum Gasteiger partial charge on any atom is -0.486 e. The van der Waals surface area contributed by atoms with E-state index in [1.54, 1.807) is 6.07 Å². The largest absolute Gasteiger partial charge is 0.486 e. The van der Waals surface area contributed by atoms with Crippen molar-refractivity contribution in [2.45, 2.75) is 26.5 Å². The van der Waals surface area contributed by atoms with Crippen molar-refractivity contribution >= 4 is 28.2 Å². The van der Waals surface area contributed by atoms with Crippen molar-refractivity contribution in [1.82, 2.24) is 9.55 Å². The number of furan rings is 1. The van der Waals surface area contributed by atoms with Gasteiger partial charge in [-0.15, -0.1) is 0 Å². The summed E-state index contributed by atoms with van der Waals surface area (Å²) in [7, 11) is 1.48. The van der Waals surface area contributed by atoms with Gasteiger partial charge in [0.25, 0.3) is 11.5 Å². The third kappa shape index (κ3) is 5.18. The second-order valence-corrected chi connectivity index (χ2v) is 8.16. The van der Waals surface area contributed by atoms with E-state index in [1.165, 1.54) is 17.7 Å². The minimum absolute atomic E-state index is 0.00439. The van der Waals surface area contributed by atoms with E-state index in [1.807, 2.05) is 49.4 Å². The Morgan fingerprint density at radius 1 is 1.11 bits per heavy atom. The molecule has 0 aliphatic carbocycles. The zero-order chi connectivity index (χ0) is 25.7. The molecule has 0 bridgehead atoms. The molecule has 0 aliphatic rings. The molecule has 0 radical (unpaired) electrons. The van der Waals surface area contributed by atoms with E-state index in [0.717, 1.165) is 15.7 Å². The number of nitrogen functional groups attached to an aromatic ring is 1. The van der Waals surface area contributed by atoms with E-state index < -0.39 is 17.2 Å². The number of fused-ring (bicyclic) bond motifs is 1. The molecule has 3 N–H and O–H groups in total. The molecule has 2 aromatic heterocycles. The van der Waals surface area contributed by atoms with Crippen molar-refractivity contribution in [3.63, 3.8) is 0 Å². The van der Waals surface area contributed by atoms with Crippen LogP contribution in [0.3, 0.4) is 0 Å². The fourth-order valence-corrected chi connectivity index (χ4v) is 3.90. The zero-order valence-electron chi connectivity index (χ0n) is 20.2. The second-order valence-electron chi connectivity index (χ2n) is 8.16. The third-order valence-electron chi connectivity index (χ3n) is 5.67. The number of methoxy groups -OCH3 is 1. The predicted octanol–water partition coefficient (Wildman–Crippen LogP) is 3.15. The van der Waals surface area contributed by atoms with Crippen LogP contribution in [0, 0.1) is 0 Å². The van der Waals surface area contributed by atoms with Crippen molar-refractivity contribution in [2.75, 3.05) is 30.9 Å². The molecule has 2 aromatic carbocycles. The quantitative estimate of drug-likeness (QED) is 0.347. The molecule has 0 unspecified atom stereocenters. The third-order valence-corrected chi connectivity index (χ3v) is 5.67. The molecule has 4 rings (SSSR count). The van der Waals surface area contributed by atoms with Crippen LogP contribution in [-0.4, -0.2) is 35.7 Å². The predicted molar refractivity (Wildman–Crippen MR) is 137 cm³/mol. The molecule has 4 aromatic rings. The Morgan fingerprint density at radius 3 is 2.64 bits per heavy atom. The number of aromatic amines is 1. The van der Waals surface area contributed by atoms with Crippen LogP contribution in [0.2, 0.25) is 0 Å². The minimum atomic E-state index is -0.763. The van der Waals surface area contributed by atoms with Gasteiger partial charge in [-0.25, -0.2) is 4.79 Å². The van der Waals surface area contributed by atoms with Crippen LogP contribution in [0.1, 0.15) is 29.7 Å². The topological polar surface area (TPSA) is 133 Å². The summed E-state index contributed by atoms with van der Waals surface area (Å²) in [4.78, 5) is 41.7. The normalized spacial score (nSPS) is 11.1. The molecule has 1 amide bonds. The maximum atomic E-state index is 13.4. The van der Waals surface area contributed by atoms with Crippen molar-refractivity contribution in [2.24, 2.45) is 0 Å². The van der Waals surface area contributed by atoms with Gasteiger partial charge < -0.3 is 19.6 Å². The fraction of sp³-hybridized carbons (Fsp3) is 0.269. The molecule has 0 saturated carbocycles. The smallest absolute Gasteiger partial charge is 0.330 e. The molecule has 36 heavy (non-hydrogen) atoms. The van der Waals surface area contributed by atoms with Gasteiger partial charge in [-0.2, -0.15) is 0 Å². The first-order valence-corrected chi connectivity index (χ1v) is 11.6. The van der Waals surface area contributed by atoms with Crippen LogP contribution in [0.25, 0.3) is 10.8 Å². The monoisotopic (exact) mass is 492 g/mol. The van der Waals surface area contributed by atoms with Crippen LogP contribution in [0.4, 0.5) is 11.5 Å². The van der Waals surface area contributed by atoms with E-state index in [-0.39, 0.29) is 43.6 Å². The van der Waals surface area contributed by atoms with Gasteiger partial charge in [-0.05, 0) is 41.5 Å². The van der Waals surface area contributed by atoms with Crippen LogP contribution in [0.5, 0.6) is 5.75 Å². The van der Waals surface area contributed by atoms with Crippen molar-refractivity contribution in [3.05, 3.63) is 87.0 Å².